The minimum absolute atomic E-state index is 0.193. The monoisotopic (exact) mass is 481 g/mol. The fourth-order valence-electron chi connectivity index (χ4n) is 3.25. The van der Waals surface area contributed by atoms with E-state index in [2.05, 4.69) is 10.0 Å². The smallest absolute Gasteiger partial charge is 0.243 e. The summed E-state index contributed by atoms with van der Waals surface area (Å²) in [6.07, 6.45) is 1.69. The molecule has 1 aliphatic heterocycles. The predicted octanol–water partition coefficient (Wildman–Crippen LogP) is 1.96. The molecule has 1 amide bonds. The van der Waals surface area contributed by atoms with Gasteiger partial charge in [-0.1, -0.05) is 18.2 Å². The second-order valence-corrected chi connectivity index (χ2v) is 11.3. The molecule has 0 bridgehead atoms. The molecule has 1 heterocycles. The molecule has 0 saturated carbocycles. The number of aryl methyl sites for hydroxylation is 2. The number of carbonyl (C=O) groups is 1. The van der Waals surface area contributed by atoms with Crippen LogP contribution in [0.5, 0.6) is 0 Å². The first kappa shape index (κ1) is 24.2. The molecule has 2 aromatic rings. The second kappa shape index (κ2) is 9.99. The van der Waals surface area contributed by atoms with E-state index < -0.39 is 20.0 Å². The Morgan fingerprint density at radius 3 is 2.31 bits per heavy atom. The summed E-state index contributed by atoms with van der Waals surface area (Å²) in [5.41, 5.74) is 2.46. The Balaban J connectivity index is 1.58. The zero-order valence-electron chi connectivity index (χ0n) is 18.0. The van der Waals surface area contributed by atoms with Crippen LogP contribution in [-0.4, -0.2) is 59.6 Å². The fourth-order valence-corrected chi connectivity index (χ4v) is 5.28. The van der Waals surface area contributed by atoms with E-state index in [1.165, 1.54) is 4.31 Å². The van der Waals surface area contributed by atoms with Crippen LogP contribution in [0.25, 0.3) is 0 Å². The van der Waals surface area contributed by atoms with Gasteiger partial charge in [0.1, 0.15) is 0 Å². The SMILES string of the molecule is Cc1ccc(NC(=O)CCc2ccc(S(=O)(=O)N3CCOCC3)cc2)cc1NS(C)(=O)=O. The lowest BCUT2D eigenvalue weighted by molar-refractivity contribution is -0.116. The molecule has 0 aliphatic carbocycles. The number of hydrogen-bond donors (Lipinski definition) is 2. The fraction of sp³-hybridized carbons (Fsp3) is 0.381. The lowest BCUT2D eigenvalue weighted by Gasteiger charge is -2.26. The van der Waals surface area contributed by atoms with Crippen LogP contribution in [0, 0.1) is 6.92 Å². The molecule has 0 unspecified atom stereocenters. The lowest BCUT2D eigenvalue weighted by atomic mass is 10.1. The molecule has 0 aromatic heterocycles. The zero-order valence-corrected chi connectivity index (χ0v) is 19.6. The molecule has 3 rings (SSSR count). The third kappa shape index (κ3) is 6.52. The van der Waals surface area contributed by atoms with E-state index in [1.807, 2.05) is 0 Å². The molecule has 174 valence electrons. The Kier molecular flexibility index (Phi) is 7.55. The largest absolute Gasteiger partial charge is 0.379 e. The Hall–Kier alpha value is -2.47. The summed E-state index contributed by atoms with van der Waals surface area (Å²) in [7, 11) is -6.97. The summed E-state index contributed by atoms with van der Waals surface area (Å²) in [4.78, 5) is 12.6. The van der Waals surface area contributed by atoms with Crippen LogP contribution >= 0.6 is 0 Å². The minimum Gasteiger partial charge on any atom is -0.379 e. The normalized spacial score (nSPS) is 15.3. The van der Waals surface area contributed by atoms with E-state index in [0.717, 1.165) is 17.4 Å². The Morgan fingerprint density at radius 2 is 1.69 bits per heavy atom. The number of morpholine rings is 1. The first-order valence-corrected chi connectivity index (χ1v) is 13.4. The Morgan fingerprint density at radius 1 is 1.03 bits per heavy atom. The molecule has 1 fully saturated rings. The van der Waals surface area contributed by atoms with Gasteiger partial charge in [-0.3, -0.25) is 9.52 Å². The second-order valence-electron chi connectivity index (χ2n) is 7.61. The summed E-state index contributed by atoms with van der Waals surface area (Å²) in [6, 6.07) is 11.5. The van der Waals surface area contributed by atoms with Gasteiger partial charge >= 0.3 is 0 Å². The molecule has 1 aliphatic rings. The highest BCUT2D eigenvalue weighted by Gasteiger charge is 2.26. The molecule has 2 N–H and O–H groups in total. The maximum Gasteiger partial charge on any atom is 0.243 e. The van der Waals surface area contributed by atoms with Crippen LogP contribution < -0.4 is 10.0 Å². The van der Waals surface area contributed by atoms with Crippen molar-refractivity contribution in [2.24, 2.45) is 0 Å². The van der Waals surface area contributed by atoms with Crippen LogP contribution in [0.1, 0.15) is 17.5 Å². The highest BCUT2D eigenvalue weighted by atomic mass is 32.2. The van der Waals surface area contributed by atoms with Crippen LogP contribution in [-0.2, 0) is 36.0 Å². The molecule has 9 nitrogen and oxygen atoms in total. The van der Waals surface area contributed by atoms with Gasteiger partial charge in [0.15, 0.2) is 0 Å². The summed E-state index contributed by atoms with van der Waals surface area (Å²) < 4.78 is 57.3. The van der Waals surface area contributed by atoms with Gasteiger partial charge in [-0.2, -0.15) is 4.31 Å². The molecule has 0 atom stereocenters. The van der Waals surface area contributed by atoms with Crippen molar-refractivity contribution >= 4 is 37.3 Å². The number of benzene rings is 2. The van der Waals surface area contributed by atoms with Gasteiger partial charge in [0, 0.05) is 25.2 Å². The van der Waals surface area contributed by atoms with E-state index in [0.29, 0.717) is 44.1 Å². The van der Waals surface area contributed by atoms with E-state index in [4.69, 9.17) is 4.74 Å². The molecule has 32 heavy (non-hydrogen) atoms. The quantitative estimate of drug-likeness (QED) is 0.594. The van der Waals surface area contributed by atoms with Crippen molar-refractivity contribution in [3.8, 4) is 0 Å². The number of ether oxygens (including phenoxy) is 1. The molecular weight excluding hydrogens is 454 g/mol. The highest BCUT2D eigenvalue weighted by Crippen LogP contribution is 2.22. The van der Waals surface area contributed by atoms with Gasteiger partial charge < -0.3 is 10.1 Å². The van der Waals surface area contributed by atoms with Crippen molar-refractivity contribution in [2.45, 2.75) is 24.7 Å². The Labute approximate surface area is 188 Å². The number of nitrogens with zero attached hydrogens (tertiary/aromatic N) is 1. The van der Waals surface area contributed by atoms with Crippen molar-refractivity contribution in [3.63, 3.8) is 0 Å². The molecule has 0 radical (unpaired) electrons. The number of anilines is 2. The van der Waals surface area contributed by atoms with Gasteiger partial charge in [0.2, 0.25) is 26.0 Å². The van der Waals surface area contributed by atoms with Gasteiger partial charge in [0.25, 0.3) is 0 Å². The standard InChI is InChI=1S/C21H27N3O6S2/c1-16-3-7-18(15-20(16)23-31(2,26)27)22-21(25)10-6-17-4-8-19(9-5-17)32(28,29)24-11-13-30-14-12-24/h3-5,7-9,15,23H,6,10-14H2,1-2H3,(H,22,25). The number of hydrogen-bond acceptors (Lipinski definition) is 6. The summed E-state index contributed by atoms with van der Waals surface area (Å²) >= 11 is 0. The molecule has 1 saturated heterocycles. The Bertz CT molecular complexity index is 1170. The molecule has 2 aromatic carbocycles. The van der Waals surface area contributed by atoms with Crippen molar-refractivity contribution in [1.29, 1.82) is 0 Å². The van der Waals surface area contributed by atoms with E-state index in [1.54, 1.807) is 49.4 Å². The van der Waals surface area contributed by atoms with Crippen LogP contribution in [0.3, 0.4) is 0 Å². The predicted molar refractivity (Wildman–Crippen MR) is 123 cm³/mol. The first-order chi connectivity index (χ1) is 15.0. The summed E-state index contributed by atoms with van der Waals surface area (Å²) in [5, 5.41) is 2.76. The van der Waals surface area contributed by atoms with Crippen LogP contribution in [0.15, 0.2) is 47.4 Å². The van der Waals surface area contributed by atoms with Gasteiger partial charge in [-0.25, -0.2) is 16.8 Å². The number of carbonyl (C=O) groups excluding carboxylic acids is 1. The third-order valence-electron chi connectivity index (χ3n) is 4.99. The van der Waals surface area contributed by atoms with Gasteiger partial charge in [0.05, 0.1) is 30.1 Å². The molecular formula is C21H27N3O6S2. The van der Waals surface area contributed by atoms with E-state index in [-0.39, 0.29) is 17.2 Å². The zero-order chi connectivity index (χ0) is 23.4. The van der Waals surface area contributed by atoms with Crippen molar-refractivity contribution in [2.75, 3.05) is 42.6 Å². The van der Waals surface area contributed by atoms with Gasteiger partial charge in [-0.15, -0.1) is 0 Å². The first-order valence-electron chi connectivity index (χ1n) is 10.1. The summed E-state index contributed by atoms with van der Waals surface area (Å²) in [6.45, 7) is 3.22. The van der Waals surface area contributed by atoms with Crippen molar-refractivity contribution in [3.05, 3.63) is 53.6 Å². The maximum atomic E-state index is 12.7. The van der Waals surface area contributed by atoms with Crippen LogP contribution in [0.4, 0.5) is 11.4 Å². The van der Waals surface area contributed by atoms with E-state index in [9.17, 15) is 21.6 Å². The van der Waals surface area contributed by atoms with Crippen molar-refractivity contribution < 1.29 is 26.4 Å². The van der Waals surface area contributed by atoms with Gasteiger partial charge in [-0.05, 0) is 48.7 Å². The van der Waals surface area contributed by atoms with Crippen LogP contribution in [0.2, 0.25) is 0 Å². The number of amides is 1. The maximum absolute atomic E-state index is 12.7. The van der Waals surface area contributed by atoms with Crippen molar-refractivity contribution in [1.82, 2.24) is 4.31 Å². The topological polar surface area (TPSA) is 122 Å². The highest BCUT2D eigenvalue weighted by molar-refractivity contribution is 7.92. The average molecular weight is 482 g/mol. The number of nitrogens with one attached hydrogen (secondary N) is 2. The molecule has 0 spiro atoms. The molecule has 11 heteroatoms. The lowest BCUT2D eigenvalue weighted by Crippen LogP contribution is -2.40. The average Bonchev–Trinajstić information content (AvgIpc) is 2.74. The number of rotatable bonds is 8. The minimum atomic E-state index is -3.55. The third-order valence-corrected chi connectivity index (χ3v) is 7.49. The number of sulfonamides is 2. The summed E-state index contributed by atoms with van der Waals surface area (Å²) in [5.74, 6) is -0.232. The van der Waals surface area contributed by atoms with E-state index >= 15 is 0 Å².